The third kappa shape index (κ3) is 4.05. The molecule has 4 heteroatoms. The molecule has 0 bridgehead atoms. The van der Waals surface area contributed by atoms with Crippen LogP contribution in [-0.4, -0.2) is 36.4 Å². The summed E-state index contributed by atoms with van der Waals surface area (Å²) in [6.07, 6.45) is 7.49. The number of imidazole rings is 1. The summed E-state index contributed by atoms with van der Waals surface area (Å²) in [7, 11) is 1.74. The second-order valence-electron chi connectivity index (χ2n) is 5.36. The maximum atomic E-state index is 5.01. The second kappa shape index (κ2) is 7.65. The molecule has 0 aromatic carbocycles. The number of rotatable bonds is 8. The standard InChI is InChI=1S/C15H27N3O/c1-13-17-14-7-3-4-8-15(14)18(13)11-6-5-9-16-10-12-19-2/h16H,3-12H2,1-2H3. The Morgan fingerprint density at radius 2 is 2.05 bits per heavy atom. The molecule has 0 saturated carbocycles. The first-order chi connectivity index (χ1) is 9.33. The Kier molecular flexibility index (Phi) is 5.86. The van der Waals surface area contributed by atoms with Gasteiger partial charge >= 0.3 is 0 Å². The van der Waals surface area contributed by atoms with E-state index < -0.39 is 0 Å². The molecule has 0 atom stereocenters. The molecule has 19 heavy (non-hydrogen) atoms. The normalized spacial score (nSPS) is 14.6. The van der Waals surface area contributed by atoms with Crippen LogP contribution < -0.4 is 5.32 Å². The number of aromatic nitrogens is 2. The molecule has 0 amide bonds. The van der Waals surface area contributed by atoms with Crippen LogP contribution in [0.4, 0.5) is 0 Å². The largest absolute Gasteiger partial charge is 0.383 e. The molecular formula is C15H27N3O. The lowest BCUT2D eigenvalue weighted by atomic mass is 10.0. The predicted octanol–water partition coefficient (Wildman–Crippen LogP) is 2.09. The summed E-state index contributed by atoms with van der Waals surface area (Å²) in [6.45, 7) is 6.11. The van der Waals surface area contributed by atoms with Crippen molar-refractivity contribution in [3.8, 4) is 0 Å². The van der Waals surface area contributed by atoms with E-state index in [2.05, 4.69) is 16.8 Å². The van der Waals surface area contributed by atoms with Gasteiger partial charge in [-0.3, -0.25) is 0 Å². The highest BCUT2D eigenvalue weighted by Gasteiger charge is 2.17. The molecule has 1 heterocycles. The van der Waals surface area contributed by atoms with Crippen molar-refractivity contribution >= 4 is 0 Å². The van der Waals surface area contributed by atoms with E-state index in [1.54, 1.807) is 7.11 Å². The molecule has 1 aliphatic carbocycles. The van der Waals surface area contributed by atoms with Gasteiger partial charge < -0.3 is 14.6 Å². The van der Waals surface area contributed by atoms with E-state index >= 15 is 0 Å². The lowest BCUT2D eigenvalue weighted by Crippen LogP contribution is -2.20. The Morgan fingerprint density at radius 3 is 2.89 bits per heavy atom. The maximum absolute atomic E-state index is 5.01. The number of unbranched alkanes of at least 4 members (excludes halogenated alkanes) is 1. The van der Waals surface area contributed by atoms with Crippen molar-refractivity contribution in [1.82, 2.24) is 14.9 Å². The lowest BCUT2D eigenvalue weighted by Gasteiger charge is -2.14. The van der Waals surface area contributed by atoms with Gasteiger partial charge in [0, 0.05) is 25.9 Å². The van der Waals surface area contributed by atoms with Crippen LogP contribution in [0.5, 0.6) is 0 Å². The SMILES string of the molecule is COCCNCCCCn1c(C)nc2c1CCCC2. The van der Waals surface area contributed by atoms with Crippen LogP contribution in [0.25, 0.3) is 0 Å². The first-order valence-corrected chi connectivity index (χ1v) is 7.57. The minimum absolute atomic E-state index is 0.800. The molecule has 2 rings (SSSR count). The molecule has 4 nitrogen and oxygen atoms in total. The van der Waals surface area contributed by atoms with Gasteiger partial charge in [-0.15, -0.1) is 0 Å². The second-order valence-corrected chi connectivity index (χ2v) is 5.36. The van der Waals surface area contributed by atoms with Gasteiger partial charge in [-0.25, -0.2) is 4.98 Å². The Bertz CT molecular complexity index is 387. The fourth-order valence-electron chi connectivity index (χ4n) is 2.85. The van der Waals surface area contributed by atoms with Gasteiger partial charge in [0.05, 0.1) is 12.3 Å². The summed E-state index contributed by atoms with van der Waals surface area (Å²) < 4.78 is 7.46. The quantitative estimate of drug-likeness (QED) is 0.732. The number of methoxy groups -OCH3 is 1. The van der Waals surface area contributed by atoms with E-state index in [1.807, 2.05) is 0 Å². The molecule has 0 fully saturated rings. The van der Waals surface area contributed by atoms with Crippen molar-refractivity contribution in [3.05, 3.63) is 17.2 Å². The van der Waals surface area contributed by atoms with Gasteiger partial charge in [-0.1, -0.05) is 0 Å². The minimum Gasteiger partial charge on any atom is -0.383 e. The first kappa shape index (κ1) is 14.5. The van der Waals surface area contributed by atoms with Crippen molar-refractivity contribution in [1.29, 1.82) is 0 Å². The zero-order chi connectivity index (χ0) is 13.5. The number of aryl methyl sites for hydroxylation is 2. The van der Waals surface area contributed by atoms with Crippen molar-refractivity contribution in [2.24, 2.45) is 0 Å². The highest BCUT2D eigenvalue weighted by atomic mass is 16.5. The highest BCUT2D eigenvalue weighted by molar-refractivity contribution is 5.19. The first-order valence-electron chi connectivity index (χ1n) is 7.57. The molecule has 0 unspecified atom stereocenters. The van der Waals surface area contributed by atoms with Crippen LogP contribution in [0.1, 0.15) is 42.9 Å². The van der Waals surface area contributed by atoms with Gasteiger partial charge in [-0.05, 0) is 52.0 Å². The van der Waals surface area contributed by atoms with Crippen LogP contribution in [-0.2, 0) is 24.1 Å². The summed E-state index contributed by atoms with van der Waals surface area (Å²) in [5.41, 5.74) is 2.87. The lowest BCUT2D eigenvalue weighted by molar-refractivity contribution is 0.199. The zero-order valence-electron chi connectivity index (χ0n) is 12.4. The van der Waals surface area contributed by atoms with Crippen molar-refractivity contribution < 1.29 is 4.74 Å². The summed E-state index contributed by atoms with van der Waals surface area (Å²) >= 11 is 0. The highest BCUT2D eigenvalue weighted by Crippen LogP contribution is 2.22. The van der Waals surface area contributed by atoms with Gasteiger partial charge in [0.2, 0.25) is 0 Å². The fraction of sp³-hybridized carbons (Fsp3) is 0.800. The topological polar surface area (TPSA) is 39.1 Å². The molecule has 0 saturated heterocycles. The van der Waals surface area contributed by atoms with Gasteiger partial charge in [0.25, 0.3) is 0 Å². The monoisotopic (exact) mass is 265 g/mol. The Hall–Kier alpha value is -0.870. The van der Waals surface area contributed by atoms with Gasteiger partial charge in [0.1, 0.15) is 5.82 Å². The van der Waals surface area contributed by atoms with E-state index in [4.69, 9.17) is 9.72 Å². The molecule has 0 aliphatic heterocycles. The van der Waals surface area contributed by atoms with Crippen LogP contribution >= 0.6 is 0 Å². The third-order valence-electron chi connectivity index (χ3n) is 3.89. The van der Waals surface area contributed by atoms with E-state index in [-0.39, 0.29) is 0 Å². The molecule has 1 aliphatic rings. The summed E-state index contributed by atoms with van der Waals surface area (Å²) in [4.78, 5) is 4.72. The van der Waals surface area contributed by atoms with E-state index in [1.165, 1.54) is 55.7 Å². The van der Waals surface area contributed by atoms with Crippen LogP contribution in [0.2, 0.25) is 0 Å². The third-order valence-corrected chi connectivity index (χ3v) is 3.89. The van der Waals surface area contributed by atoms with Crippen LogP contribution in [0.3, 0.4) is 0 Å². The molecule has 0 radical (unpaired) electrons. The summed E-state index contributed by atoms with van der Waals surface area (Å²) in [5, 5.41) is 3.39. The number of hydrogen-bond donors (Lipinski definition) is 1. The van der Waals surface area contributed by atoms with E-state index in [0.717, 1.165) is 26.2 Å². The molecular weight excluding hydrogens is 238 g/mol. The smallest absolute Gasteiger partial charge is 0.106 e. The van der Waals surface area contributed by atoms with Crippen molar-refractivity contribution in [3.63, 3.8) is 0 Å². The average molecular weight is 265 g/mol. The summed E-state index contributed by atoms with van der Waals surface area (Å²) in [5.74, 6) is 1.21. The number of hydrogen-bond acceptors (Lipinski definition) is 3. The Balaban J connectivity index is 1.72. The molecule has 108 valence electrons. The van der Waals surface area contributed by atoms with Crippen molar-refractivity contribution in [2.75, 3.05) is 26.8 Å². The Labute approximate surface area is 116 Å². The van der Waals surface area contributed by atoms with E-state index in [9.17, 15) is 0 Å². The Morgan fingerprint density at radius 1 is 1.21 bits per heavy atom. The zero-order valence-corrected chi connectivity index (χ0v) is 12.4. The molecule has 1 aromatic heterocycles. The molecule has 1 N–H and O–H groups in total. The number of ether oxygens (including phenoxy) is 1. The fourth-order valence-corrected chi connectivity index (χ4v) is 2.85. The van der Waals surface area contributed by atoms with Crippen LogP contribution in [0.15, 0.2) is 0 Å². The molecule has 0 spiro atoms. The van der Waals surface area contributed by atoms with Gasteiger partial charge in [-0.2, -0.15) is 0 Å². The van der Waals surface area contributed by atoms with Crippen LogP contribution in [0, 0.1) is 6.92 Å². The van der Waals surface area contributed by atoms with E-state index in [0.29, 0.717) is 0 Å². The number of nitrogens with one attached hydrogen (secondary N) is 1. The minimum atomic E-state index is 0.800. The average Bonchev–Trinajstić information content (AvgIpc) is 2.74. The van der Waals surface area contributed by atoms with Crippen molar-refractivity contribution in [2.45, 2.75) is 52.0 Å². The molecule has 1 aromatic rings. The number of nitrogens with zero attached hydrogens (tertiary/aromatic N) is 2. The number of fused-ring (bicyclic) bond motifs is 1. The maximum Gasteiger partial charge on any atom is 0.106 e. The van der Waals surface area contributed by atoms with Gasteiger partial charge in [0.15, 0.2) is 0 Å². The summed E-state index contributed by atoms with van der Waals surface area (Å²) in [6, 6.07) is 0. The predicted molar refractivity (Wildman–Crippen MR) is 77.6 cm³/mol.